The predicted octanol–water partition coefficient (Wildman–Crippen LogP) is 4.06. The molecule has 2 aromatic rings. The highest BCUT2D eigenvalue weighted by atomic mass is 35.5. The van der Waals surface area contributed by atoms with E-state index in [-0.39, 0.29) is 17.9 Å². The minimum absolute atomic E-state index is 0.0375. The summed E-state index contributed by atoms with van der Waals surface area (Å²) in [7, 11) is 1.60. The molecule has 5 nitrogen and oxygen atoms in total. The lowest BCUT2D eigenvalue weighted by molar-refractivity contribution is -0.122. The van der Waals surface area contributed by atoms with Crippen LogP contribution in [0.5, 0.6) is 0 Å². The number of para-hydroxylation sites is 1. The van der Waals surface area contributed by atoms with Gasteiger partial charge in [0.05, 0.1) is 35.1 Å². The molecular weight excluding hydrogens is 397 g/mol. The Kier molecular flexibility index (Phi) is 5.92. The van der Waals surface area contributed by atoms with Crippen LogP contribution in [-0.4, -0.2) is 28.6 Å². The van der Waals surface area contributed by atoms with Gasteiger partial charge in [-0.2, -0.15) is 0 Å². The summed E-state index contributed by atoms with van der Waals surface area (Å²) < 4.78 is 8.54. The van der Waals surface area contributed by atoms with Gasteiger partial charge in [0, 0.05) is 23.7 Å². The van der Waals surface area contributed by atoms with E-state index in [1.165, 1.54) is 0 Å². The first-order chi connectivity index (χ1) is 12.4. The van der Waals surface area contributed by atoms with E-state index in [0.717, 1.165) is 11.0 Å². The van der Waals surface area contributed by atoms with Gasteiger partial charge in [0.1, 0.15) is 0 Å². The summed E-state index contributed by atoms with van der Waals surface area (Å²) >= 11 is 18.5. The number of methoxy groups -OCH3 is 1. The first-order valence-electron chi connectivity index (χ1n) is 8.10. The summed E-state index contributed by atoms with van der Waals surface area (Å²) in [5.41, 5.74) is 1.65. The number of fused-ring (bicyclic) bond motifs is 1. The van der Waals surface area contributed by atoms with E-state index >= 15 is 0 Å². The average Bonchev–Trinajstić information content (AvgIpc) is 2.86. The van der Waals surface area contributed by atoms with Crippen LogP contribution in [0, 0.1) is 11.3 Å². The largest absolute Gasteiger partial charge is 0.383 e. The number of ether oxygens (including phenoxy) is 1. The standard InChI is InChI=1S/C18H18Cl3N3O2/c1-26-8-7-23-17-13(20)3-2-4-15(17)24(18(23)22)10-16(25)12-6-5-11(19)9-14(12)21/h2-5,9,12,22H,6-8,10H2,1H3. The van der Waals surface area contributed by atoms with Crippen LogP contribution >= 0.6 is 34.8 Å². The second-order valence-electron chi connectivity index (χ2n) is 6.03. The quantitative estimate of drug-likeness (QED) is 0.775. The minimum atomic E-state index is -0.442. The van der Waals surface area contributed by atoms with Crippen LogP contribution in [0.3, 0.4) is 0 Å². The summed E-state index contributed by atoms with van der Waals surface area (Å²) in [6.07, 6.45) is 3.84. The van der Waals surface area contributed by atoms with Crippen LogP contribution in [0.2, 0.25) is 5.02 Å². The monoisotopic (exact) mass is 413 g/mol. The molecule has 8 heteroatoms. The normalized spacial score (nSPS) is 17.3. The Morgan fingerprint density at radius 2 is 2.08 bits per heavy atom. The topological polar surface area (TPSA) is 60.0 Å². The second kappa shape index (κ2) is 8.01. The average molecular weight is 415 g/mol. The van der Waals surface area contributed by atoms with Gasteiger partial charge < -0.3 is 13.9 Å². The molecule has 0 fully saturated rings. The zero-order chi connectivity index (χ0) is 18.8. The number of ketones is 1. The van der Waals surface area contributed by atoms with E-state index in [4.69, 9.17) is 44.9 Å². The van der Waals surface area contributed by atoms with Crippen LogP contribution < -0.4 is 5.62 Å². The predicted molar refractivity (Wildman–Crippen MR) is 104 cm³/mol. The van der Waals surface area contributed by atoms with Crippen molar-refractivity contribution in [3.05, 3.63) is 51.1 Å². The van der Waals surface area contributed by atoms with Crippen molar-refractivity contribution in [2.45, 2.75) is 19.5 Å². The molecule has 0 bridgehead atoms. The lowest BCUT2D eigenvalue weighted by Crippen LogP contribution is -2.30. The molecule has 1 aliphatic rings. The van der Waals surface area contributed by atoms with Gasteiger partial charge in [0.2, 0.25) is 5.62 Å². The summed E-state index contributed by atoms with van der Waals surface area (Å²) in [4.78, 5) is 12.8. The Morgan fingerprint density at radius 3 is 2.77 bits per heavy atom. The van der Waals surface area contributed by atoms with Crippen molar-refractivity contribution >= 4 is 51.6 Å². The summed E-state index contributed by atoms with van der Waals surface area (Å²) in [5.74, 6) is -0.515. The number of rotatable bonds is 6. The van der Waals surface area contributed by atoms with Crippen LogP contribution in [0.25, 0.3) is 11.0 Å². The summed E-state index contributed by atoms with van der Waals surface area (Å²) in [6, 6.07) is 5.43. The molecule has 1 N–H and O–H groups in total. The molecule has 1 aromatic heterocycles. The van der Waals surface area contributed by atoms with Crippen molar-refractivity contribution in [1.82, 2.24) is 9.13 Å². The fourth-order valence-electron chi connectivity index (χ4n) is 3.10. The number of benzene rings is 1. The van der Waals surface area contributed by atoms with E-state index < -0.39 is 5.92 Å². The maximum absolute atomic E-state index is 12.8. The van der Waals surface area contributed by atoms with Gasteiger partial charge in [-0.05, 0) is 24.6 Å². The third-order valence-corrected chi connectivity index (χ3v) is 5.36. The summed E-state index contributed by atoms with van der Waals surface area (Å²) in [5, 5.41) is 10.0. The van der Waals surface area contributed by atoms with Gasteiger partial charge in [-0.3, -0.25) is 10.2 Å². The van der Waals surface area contributed by atoms with Crippen molar-refractivity contribution in [3.8, 4) is 0 Å². The molecule has 26 heavy (non-hydrogen) atoms. The Labute approximate surface area is 165 Å². The maximum Gasteiger partial charge on any atom is 0.203 e. The first-order valence-corrected chi connectivity index (χ1v) is 9.24. The number of carbonyl (C=O) groups excluding carboxylic acids is 1. The van der Waals surface area contributed by atoms with Crippen LogP contribution in [0.15, 0.2) is 40.4 Å². The van der Waals surface area contributed by atoms with E-state index in [9.17, 15) is 4.79 Å². The van der Waals surface area contributed by atoms with Crippen molar-refractivity contribution in [3.63, 3.8) is 0 Å². The van der Waals surface area contributed by atoms with Gasteiger partial charge >= 0.3 is 0 Å². The van der Waals surface area contributed by atoms with E-state index in [2.05, 4.69) is 0 Å². The number of allylic oxidation sites excluding steroid dienone is 4. The fourth-order valence-corrected chi connectivity index (χ4v) is 3.96. The van der Waals surface area contributed by atoms with Gasteiger partial charge in [-0.15, -0.1) is 0 Å². The second-order valence-corrected chi connectivity index (χ2v) is 7.31. The van der Waals surface area contributed by atoms with Crippen LogP contribution in [-0.2, 0) is 22.6 Å². The molecular formula is C18H18Cl3N3O2. The Morgan fingerprint density at radius 1 is 1.31 bits per heavy atom. The summed E-state index contributed by atoms with van der Waals surface area (Å²) in [6.45, 7) is 0.949. The molecule has 1 aliphatic carbocycles. The number of hydrogen-bond donors (Lipinski definition) is 1. The third-order valence-electron chi connectivity index (χ3n) is 4.42. The number of carbonyl (C=O) groups is 1. The SMILES string of the molecule is COCCn1c(=N)n(CC(=O)C2CC=C(Cl)C=C2Cl)c2cccc(Cl)c21. The first kappa shape index (κ1) is 19.2. The lowest BCUT2D eigenvalue weighted by Gasteiger charge is -2.17. The van der Waals surface area contributed by atoms with Crippen LogP contribution in [0.1, 0.15) is 6.42 Å². The van der Waals surface area contributed by atoms with Crippen LogP contribution in [0.4, 0.5) is 0 Å². The van der Waals surface area contributed by atoms with Gasteiger partial charge in [-0.1, -0.05) is 46.9 Å². The van der Waals surface area contributed by atoms with Gasteiger partial charge in [-0.25, -0.2) is 0 Å². The zero-order valence-electron chi connectivity index (χ0n) is 14.1. The Bertz CT molecular complexity index is 972. The molecule has 0 spiro atoms. The minimum Gasteiger partial charge on any atom is -0.383 e. The Hall–Kier alpha value is -1.53. The molecule has 1 aromatic carbocycles. The van der Waals surface area contributed by atoms with Crippen molar-refractivity contribution in [1.29, 1.82) is 5.41 Å². The number of nitrogens with one attached hydrogen (secondary N) is 1. The van der Waals surface area contributed by atoms with Gasteiger partial charge in [0.25, 0.3) is 0 Å². The number of hydrogen-bond acceptors (Lipinski definition) is 3. The highest BCUT2D eigenvalue weighted by molar-refractivity contribution is 6.36. The molecule has 3 rings (SSSR count). The molecule has 0 saturated carbocycles. The lowest BCUT2D eigenvalue weighted by atomic mass is 9.95. The fraction of sp³-hybridized carbons (Fsp3) is 0.333. The highest BCUT2D eigenvalue weighted by Gasteiger charge is 2.25. The van der Waals surface area contributed by atoms with E-state index in [0.29, 0.717) is 34.7 Å². The molecule has 1 atom stereocenters. The molecule has 1 heterocycles. The van der Waals surface area contributed by atoms with Crippen molar-refractivity contribution in [2.75, 3.05) is 13.7 Å². The van der Waals surface area contributed by atoms with E-state index in [1.54, 1.807) is 34.5 Å². The Balaban J connectivity index is 1.99. The zero-order valence-corrected chi connectivity index (χ0v) is 16.4. The molecule has 0 aliphatic heterocycles. The smallest absolute Gasteiger partial charge is 0.203 e. The molecule has 0 amide bonds. The molecule has 138 valence electrons. The highest BCUT2D eigenvalue weighted by Crippen LogP contribution is 2.30. The number of imidazole rings is 1. The molecule has 0 saturated heterocycles. The number of nitrogens with zero attached hydrogens (tertiary/aromatic N) is 2. The van der Waals surface area contributed by atoms with Crippen molar-refractivity contribution < 1.29 is 9.53 Å². The van der Waals surface area contributed by atoms with Crippen molar-refractivity contribution in [2.24, 2.45) is 5.92 Å². The molecule has 0 radical (unpaired) electrons. The number of Topliss-reactive ketones (excluding diaryl/α,β-unsaturated/α-hetero) is 1. The van der Waals surface area contributed by atoms with Gasteiger partial charge in [0.15, 0.2) is 5.78 Å². The number of halogens is 3. The van der Waals surface area contributed by atoms with E-state index in [1.807, 2.05) is 12.1 Å². The molecule has 1 unspecified atom stereocenters. The maximum atomic E-state index is 12.8. The number of aromatic nitrogens is 2. The third kappa shape index (κ3) is 3.62.